The Morgan fingerprint density at radius 2 is 1.00 bits per heavy atom. The molecule has 0 atom stereocenters. The summed E-state index contributed by atoms with van der Waals surface area (Å²) in [5.74, 6) is 0. The van der Waals surface area contributed by atoms with Crippen molar-refractivity contribution < 1.29 is 0 Å². The minimum absolute atomic E-state index is 0.669. The lowest BCUT2D eigenvalue weighted by atomic mass is 9.76. The molecule has 17 heavy (non-hydrogen) atoms. The zero-order chi connectivity index (χ0) is 12.4. The van der Waals surface area contributed by atoms with Crippen molar-refractivity contribution in [2.75, 3.05) is 0 Å². The van der Waals surface area contributed by atoms with Gasteiger partial charge in [-0.05, 0) is 24.7 Å². The molecule has 1 aliphatic rings. The SMILES string of the molecule is CCCC1(C)CCCCCCCCCCCC1. The third-order valence-electron chi connectivity index (χ3n) is 4.66. The molecule has 0 aliphatic heterocycles. The van der Waals surface area contributed by atoms with E-state index in [-0.39, 0.29) is 0 Å². The normalized spacial score (nSPS) is 24.4. The molecule has 0 spiro atoms. The highest BCUT2D eigenvalue weighted by molar-refractivity contribution is 4.74. The zero-order valence-electron chi connectivity index (χ0n) is 12.4. The Morgan fingerprint density at radius 1 is 0.647 bits per heavy atom. The van der Waals surface area contributed by atoms with Crippen molar-refractivity contribution in [2.24, 2.45) is 5.41 Å². The molecule has 102 valence electrons. The van der Waals surface area contributed by atoms with Crippen LogP contribution in [0.25, 0.3) is 0 Å². The highest BCUT2D eigenvalue weighted by atomic mass is 14.3. The fourth-order valence-corrected chi connectivity index (χ4v) is 3.50. The van der Waals surface area contributed by atoms with Crippen LogP contribution < -0.4 is 0 Å². The molecule has 0 heterocycles. The average molecular weight is 238 g/mol. The van der Waals surface area contributed by atoms with E-state index < -0.39 is 0 Å². The summed E-state index contributed by atoms with van der Waals surface area (Å²) < 4.78 is 0. The lowest BCUT2D eigenvalue weighted by molar-refractivity contribution is 0.229. The van der Waals surface area contributed by atoms with Crippen LogP contribution in [0.5, 0.6) is 0 Å². The van der Waals surface area contributed by atoms with Gasteiger partial charge in [-0.15, -0.1) is 0 Å². The summed E-state index contributed by atoms with van der Waals surface area (Å²) in [4.78, 5) is 0. The summed E-state index contributed by atoms with van der Waals surface area (Å²) in [6, 6.07) is 0. The smallest absolute Gasteiger partial charge is 0.0326 e. The van der Waals surface area contributed by atoms with Gasteiger partial charge in [-0.1, -0.05) is 84.5 Å². The highest BCUT2D eigenvalue weighted by Gasteiger charge is 2.22. The first-order valence-corrected chi connectivity index (χ1v) is 8.27. The summed E-state index contributed by atoms with van der Waals surface area (Å²) in [7, 11) is 0. The average Bonchev–Trinajstić information content (AvgIpc) is 2.32. The van der Waals surface area contributed by atoms with Gasteiger partial charge in [0.25, 0.3) is 0 Å². The van der Waals surface area contributed by atoms with E-state index in [0.29, 0.717) is 5.41 Å². The van der Waals surface area contributed by atoms with Crippen molar-refractivity contribution in [3.8, 4) is 0 Å². The predicted molar refractivity (Wildman–Crippen MR) is 78.4 cm³/mol. The van der Waals surface area contributed by atoms with Gasteiger partial charge in [-0.3, -0.25) is 0 Å². The van der Waals surface area contributed by atoms with Crippen LogP contribution >= 0.6 is 0 Å². The maximum absolute atomic E-state index is 2.55. The van der Waals surface area contributed by atoms with Crippen LogP contribution in [0.2, 0.25) is 0 Å². The van der Waals surface area contributed by atoms with Crippen molar-refractivity contribution in [1.82, 2.24) is 0 Å². The Kier molecular flexibility index (Phi) is 7.97. The Hall–Kier alpha value is 0. The Labute approximate surface area is 110 Å². The topological polar surface area (TPSA) is 0 Å². The molecule has 0 unspecified atom stereocenters. The van der Waals surface area contributed by atoms with Crippen molar-refractivity contribution >= 4 is 0 Å². The molecule has 0 aromatic carbocycles. The molecule has 1 rings (SSSR count). The minimum Gasteiger partial charge on any atom is -0.0654 e. The second-order valence-electron chi connectivity index (χ2n) is 6.60. The molecule has 1 aliphatic carbocycles. The van der Waals surface area contributed by atoms with Crippen LogP contribution in [-0.4, -0.2) is 0 Å². The first-order chi connectivity index (χ1) is 8.27. The van der Waals surface area contributed by atoms with E-state index in [0.717, 1.165) is 0 Å². The fraction of sp³-hybridized carbons (Fsp3) is 1.00. The lowest BCUT2D eigenvalue weighted by Crippen LogP contribution is -2.16. The largest absolute Gasteiger partial charge is 0.0654 e. The van der Waals surface area contributed by atoms with Crippen molar-refractivity contribution in [3.05, 3.63) is 0 Å². The zero-order valence-corrected chi connectivity index (χ0v) is 12.4. The standard InChI is InChI=1S/C17H34/c1-3-14-17(2)15-12-10-8-6-4-5-7-9-11-13-16-17/h3-16H2,1-2H3. The second kappa shape index (κ2) is 9.00. The van der Waals surface area contributed by atoms with Crippen molar-refractivity contribution in [2.45, 2.75) is 104 Å². The molecular formula is C17H34. The fourth-order valence-electron chi connectivity index (χ4n) is 3.50. The lowest BCUT2D eigenvalue weighted by Gasteiger charge is -2.29. The maximum atomic E-state index is 2.55. The van der Waals surface area contributed by atoms with Gasteiger partial charge in [-0.25, -0.2) is 0 Å². The number of rotatable bonds is 2. The van der Waals surface area contributed by atoms with E-state index in [4.69, 9.17) is 0 Å². The molecule has 0 aromatic rings. The van der Waals surface area contributed by atoms with Crippen molar-refractivity contribution in [1.29, 1.82) is 0 Å². The maximum Gasteiger partial charge on any atom is -0.0326 e. The van der Waals surface area contributed by atoms with Gasteiger partial charge in [0.15, 0.2) is 0 Å². The van der Waals surface area contributed by atoms with Gasteiger partial charge in [0.2, 0.25) is 0 Å². The van der Waals surface area contributed by atoms with Crippen LogP contribution in [0, 0.1) is 5.41 Å². The number of hydrogen-bond acceptors (Lipinski definition) is 0. The van der Waals surface area contributed by atoms with Crippen LogP contribution in [0.1, 0.15) is 104 Å². The van der Waals surface area contributed by atoms with Crippen LogP contribution in [-0.2, 0) is 0 Å². The molecule has 0 amide bonds. The Balaban J connectivity index is 2.35. The second-order valence-corrected chi connectivity index (χ2v) is 6.60. The van der Waals surface area contributed by atoms with Gasteiger partial charge in [0.1, 0.15) is 0 Å². The van der Waals surface area contributed by atoms with Crippen LogP contribution in [0.4, 0.5) is 0 Å². The van der Waals surface area contributed by atoms with E-state index >= 15 is 0 Å². The minimum atomic E-state index is 0.669. The van der Waals surface area contributed by atoms with Crippen molar-refractivity contribution in [3.63, 3.8) is 0 Å². The summed E-state index contributed by atoms with van der Waals surface area (Å²) in [5.41, 5.74) is 0.669. The van der Waals surface area contributed by atoms with E-state index in [9.17, 15) is 0 Å². The van der Waals surface area contributed by atoms with Gasteiger partial charge in [0.05, 0.1) is 0 Å². The van der Waals surface area contributed by atoms with Crippen LogP contribution in [0.3, 0.4) is 0 Å². The van der Waals surface area contributed by atoms with E-state index in [1.807, 2.05) is 0 Å². The van der Waals surface area contributed by atoms with Gasteiger partial charge in [0, 0.05) is 0 Å². The third kappa shape index (κ3) is 7.11. The molecule has 0 heteroatoms. The summed E-state index contributed by atoms with van der Waals surface area (Å²) in [6.07, 6.45) is 20.7. The summed E-state index contributed by atoms with van der Waals surface area (Å²) in [5, 5.41) is 0. The third-order valence-corrected chi connectivity index (χ3v) is 4.66. The van der Waals surface area contributed by atoms with E-state index in [1.165, 1.54) is 89.9 Å². The van der Waals surface area contributed by atoms with Gasteiger partial charge >= 0.3 is 0 Å². The summed E-state index contributed by atoms with van der Waals surface area (Å²) >= 11 is 0. The van der Waals surface area contributed by atoms with Gasteiger partial charge < -0.3 is 0 Å². The summed E-state index contributed by atoms with van der Waals surface area (Å²) in [6.45, 7) is 4.91. The molecule has 0 N–H and O–H groups in total. The molecular weight excluding hydrogens is 204 g/mol. The molecule has 0 aromatic heterocycles. The first kappa shape index (κ1) is 15.1. The molecule has 1 fully saturated rings. The molecule has 0 saturated heterocycles. The Bertz CT molecular complexity index is 157. The molecule has 0 bridgehead atoms. The molecule has 0 radical (unpaired) electrons. The van der Waals surface area contributed by atoms with Crippen LogP contribution in [0.15, 0.2) is 0 Å². The van der Waals surface area contributed by atoms with E-state index in [1.54, 1.807) is 0 Å². The van der Waals surface area contributed by atoms with Gasteiger partial charge in [-0.2, -0.15) is 0 Å². The highest BCUT2D eigenvalue weighted by Crippen LogP contribution is 2.36. The number of hydrogen-bond donors (Lipinski definition) is 0. The first-order valence-electron chi connectivity index (χ1n) is 8.27. The molecule has 1 saturated carbocycles. The quantitative estimate of drug-likeness (QED) is 0.516. The monoisotopic (exact) mass is 238 g/mol. The van der Waals surface area contributed by atoms with E-state index in [2.05, 4.69) is 13.8 Å². The Morgan fingerprint density at radius 3 is 1.35 bits per heavy atom. The predicted octanol–water partition coefficient (Wildman–Crippen LogP) is 6.49. The molecule has 0 nitrogen and oxygen atoms in total.